The molecule has 0 amide bonds. The van der Waals surface area contributed by atoms with Gasteiger partial charge in [0.05, 0.1) is 16.1 Å². The van der Waals surface area contributed by atoms with Gasteiger partial charge in [0.2, 0.25) is 15.6 Å². The van der Waals surface area contributed by atoms with E-state index in [9.17, 15) is 28.1 Å². The second-order valence-corrected chi connectivity index (χ2v) is 6.84. The molecule has 0 aliphatic carbocycles. The van der Waals surface area contributed by atoms with E-state index in [1.54, 1.807) is 0 Å². The van der Waals surface area contributed by atoms with E-state index in [2.05, 4.69) is 0 Å². The molecule has 1 aliphatic heterocycles. The minimum atomic E-state index is -4.43. The number of fused-ring (bicyclic) bond motifs is 2. The van der Waals surface area contributed by atoms with E-state index in [0.29, 0.717) is 6.07 Å². The van der Waals surface area contributed by atoms with E-state index in [-0.39, 0.29) is 11.3 Å². The Morgan fingerprint density at radius 1 is 1.00 bits per heavy atom. The Labute approximate surface area is 139 Å². The molecule has 128 valence electrons. The number of hydrogen-bond acceptors (Lipinski definition) is 7. The number of ether oxygens (including phenoxy) is 1. The normalized spacial score (nSPS) is 13.9. The minimum absolute atomic E-state index is 0.288. The summed E-state index contributed by atoms with van der Waals surface area (Å²) in [6.45, 7) is 0. The Balaban J connectivity index is 2.36. The van der Waals surface area contributed by atoms with Crippen LogP contribution in [0.5, 0.6) is 11.5 Å². The molecule has 1 heterocycles. The van der Waals surface area contributed by atoms with Crippen molar-refractivity contribution >= 4 is 27.5 Å². The smallest absolute Gasteiger partial charge is 0.335 e. The van der Waals surface area contributed by atoms with Gasteiger partial charge in [-0.25, -0.2) is 18.0 Å². The first kappa shape index (κ1) is 16.4. The number of nitro benzene ring substituents is 1. The van der Waals surface area contributed by atoms with Gasteiger partial charge in [-0.05, 0) is 24.3 Å². The first-order valence-corrected chi connectivity index (χ1v) is 7.97. The summed E-state index contributed by atoms with van der Waals surface area (Å²) in [7, 11) is -4.43. The number of benzene rings is 2. The highest BCUT2D eigenvalue weighted by Crippen LogP contribution is 2.47. The molecule has 0 fully saturated rings. The molecular formula is C14H7NO9S. The first-order valence-electron chi connectivity index (χ1n) is 6.49. The third-order valence-corrected chi connectivity index (χ3v) is 5.24. The fourth-order valence-electron chi connectivity index (χ4n) is 2.31. The molecule has 0 radical (unpaired) electrons. The minimum Gasteiger partial charge on any atom is -0.478 e. The average molecular weight is 365 g/mol. The van der Waals surface area contributed by atoms with Crippen molar-refractivity contribution in [2.75, 3.05) is 0 Å². The van der Waals surface area contributed by atoms with Crippen LogP contribution in [-0.2, 0) is 9.84 Å². The lowest BCUT2D eigenvalue weighted by atomic mass is 10.1. The highest BCUT2D eigenvalue weighted by atomic mass is 32.2. The van der Waals surface area contributed by atoms with Crippen molar-refractivity contribution in [3.05, 3.63) is 51.6 Å². The number of rotatable bonds is 3. The summed E-state index contributed by atoms with van der Waals surface area (Å²) >= 11 is 0. The van der Waals surface area contributed by atoms with Crippen molar-refractivity contribution in [1.82, 2.24) is 0 Å². The molecule has 1 aliphatic rings. The van der Waals surface area contributed by atoms with Gasteiger partial charge in [-0.1, -0.05) is 0 Å². The summed E-state index contributed by atoms with van der Waals surface area (Å²) in [5, 5.41) is 29.2. The molecule has 2 aromatic rings. The van der Waals surface area contributed by atoms with Crippen LogP contribution >= 0.6 is 0 Å². The number of carboxylic acids is 2. The fraction of sp³-hybridized carbons (Fsp3) is 0. The molecule has 2 aromatic carbocycles. The van der Waals surface area contributed by atoms with E-state index >= 15 is 0 Å². The van der Waals surface area contributed by atoms with E-state index in [4.69, 9.17) is 14.9 Å². The van der Waals surface area contributed by atoms with Crippen molar-refractivity contribution in [2.45, 2.75) is 9.79 Å². The largest absolute Gasteiger partial charge is 0.478 e. The standard InChI is InChI=1S/C14H7NO9S/c16-13(17)6-1-2-9-10(4-6)25(22,23)11-5-7(14(18)19)3-8(15(20)21)12(11)24-9/h1-5H,(H,16,17)(H,18,19). The molecule has 0 saturated heterocycles. The highest BCUT2D eigenvalue weighted by Gasteiger charge is 2.38. The zero-order chi connectivity index (χ0) is 18.5. The molecule has 0 saturated carbocycles. The predicted octanol–water partition coefficient (Wildman–Crippen LogP) is 1.93. The average Bonchev–Trinajstić information content (AvgIpc) is 2.53. The maximum atomic E-state index is 12.7. The second-order valence-electron chi connectivity index (χ2n) is 4.96. The Bertz CT molecular complexity index is 1070. The van der Waals surface area contributed by atoms with Gasteiger partial charge in [0.15, 0.2) is 0 Å². The van der Waals surface area contributed by atoms with Crippen LogP contribution in [0.3, 0.4) is 0 Å². The highest BCUT2D eigenvalue weighted by molar-refractivity contribution is 7.91. The molecule has 0 unspecified atom stereocenters. The van der Waals surface area contributed by atoms with Crippen LogP contribution < -0.4 is 4.74 Å². The lowest BCUT2D eigenvalue weighted by Gasteiger charge is -2.20. The van der Waals surface area contributed by atoms with Crippen LogP contribution in [0.15, 0.2) is 40.1 Å². The molecule has 3 rings (SSSR count). The third-order valence-electron chi connectivity index (χ3n) is 3.46. The molecule has 11 heteroatoms. The van der Waals surface area contributed by atoms with E-state index in [1.807, 2.05) is 0 Å². The molecule has 2 N–H and O–H groups in total. The quantitative estimate of drug-likeness (QED) is 0.521. The number of carbonyl (C=O) groups is 2. The molecule has 25 heavy (non-hydrogen) atoms. The topological polar surface area (TPSA) is 161 Å². The number of nitro groups is 1. The van der Waals surface area contributed by atoms with E-state index in [0.717, 1.165) is 24.3 Å². The monoisotopic (exact) mass is 365 g/mol. The van der Waals surface area contributed by atoms with Crippen molar-refractivity contribution in [3.8, 4) is 11.5 Å². The SMILES string of the molecule is O=C(O)c1ccc2c(c1)S(=O)(=O)c1cc(C(=O)O)cc([N+](=O)[O-])c1O2. The Morgan fingerprint density at radius 3 is 2.16 bits per heavy atom. The van der Waals surface area contributed by atoms with Crippen LogP contribution in [0.1, 0.15) is 20.7 Å². The van der Waals surface area contributed by atoms with Gasteiger partial charge >= 0.3 is 17.6 Å². The number of sulfone groups is 1. The van der Waals surface area contributed by atoms with Crippen molar-refractivity contribution in [3.63, 3.8) is 0 Å². The number of nitrogens with zero attached hydrogens (tertiary/aromatic N) is 1. The molecule has 10 nitrogen and oxygen atoms in total. The van der Waals surface area contributed by atoms with Crippen LogP contribution in [0.25, 0.3) is 0 Å². The zero-order valence-electron chi connectivity index (χ0n) is 12.0. The van der Waals surface area contributed by atoms with Gasteiger partial charge < -0.3 is 14.9 Å². The molecule has 0 bridgehead atoms. The Morgan fingerprint density at radius 2 is 1.60 bits per heavy atom. The van der Waals surface area contributed by atoms with Crippen LogP contribution in [0.4, 0.5) is 5.69 Å². The fourth-order valence-corrected chi connectivity index (χ4v) is 3.88. The summed E-state index contributed by atoms with van der Waals surface area (Å²) in [6.07, 6.45) is 0. The molecule has 0 aromatic heterocycles. The van der Waals surface area contributed by atoms with Gasteiger partial charge in [0.1, 0.15) is 15.5 Å². The van der Waals surface area contributed by atoms with E-state index in [1.165, 1.54) is 0 Å². The maximum absolute atomic E-state index is 12.7. The van der Waals surface area contributed by atoms with Crippen molar-refractivity contribution in [1.29, 1.82) is 0 Å². The van der Waals surface area contributed by atoms with Gasteiger partial charge in [0, 0.05) is 6.07 Å². The first-order chi connectivity index (χ1) is 11.6. The zero-order valence-corrected chi connectivity index (χ0v) is 12.8. The van der Waals surface area contributed by atoms with Gasteiger partial charge in [-0.15, -0.1) is 0 Å². The summed E-state index contributed by atoms with van der Waals surface area (Å²) in [6, 6.07) is 4.41. The van der Waals surface area contributed by atoms with Crippen LogP contribution in [-0.4, -0.2) is 35.5 Å². The van der Waals surface area contributed by atoms with E-state index < -0.39 is 53.5 Å². The maximum Gasteiger partial charge on any atom is 0.335 e. The number of carboxylic acid groups (broad SMARTS) is 2. The Hall–Kier alpha value is -3.47. The molecular weight excluding hydrogens is 358 g/mol. The second kappa shape index (κ2) is 5.27. The van der Waals surface area contributed by atoms with Gasteiger partial charge in [-0.3, -0.25) is 10.1 Å². The molecule has 0 spiro atoms. The lowest BCUT2D eigenvalue weighted by Crippen LogP contribution is -2.15. The lowest BCUT2D eigenvalue weighted by molar-refractivity contribution is -0.385. The number of aromatic carboxylic acids is 2. The van der Waals surface area contributed by atoms with Crippen LogP contribution in [0.2, 0.25) is 0 Å². The van der Waals surface area contributed by atoms with Crippen molar-refractivity contribution in [2.24, 2.45) is 0 Å². The van der Waals surface area contributed by atoms with Gasteiger partial charge in [-0.2, -0.15) is 0 Å². The third kappa shape index (κ3) is 2.46. The summed E-state index contributed by atoms with van der Waals surface area (Å²) in [4.78, 5) is 31.1. The summed E-state index contributed by atoms with van der Waals surface area (Å²) in [5.74, 6) is -3.85. The molecule has 0 atom stereocenters. The summed E-state index contributed by atoms with van der Waals surface area (Å²) in [5.41, 5.74) is -1.78. The number of hydrogen-bond donors (Lipinski definition) is 2. The van der Waals surface area contributed by atoms with Crippen molar-refractivity contribution < 1.29 is 37.9 Å². The van der Waals surface area contributed by atoms with Crippen LogP contribution in [0, 0.1) is 10.1 Å². The summed E-state index contributed by atoms with van der Waals surface area (Å²) < 4.78 is 30.7. The van der Waals surface area contributed by atoms with Gasteiger partial charge in [0.25, 0.3) is 0 Å². The predicted molar refractivity (Wildman–Crippen MR) is 79.0 cm³/mol. The Kier molecular flexibility index (Phi) is 3.46.